The van der Waals surface area contributed by atoms with Gasteiger partial charge in [0.1, 0.15) is 5.82 Å². The number of sulfone groups is 1. The molecule has 0 bridgehead atoms. The molecule has 0 fully saturated rings. The maximum Gasteiger partial charge on any atom is 0.409 e. The van der Waals surface area contributed by atoms with E-state index >= 15 is 0 Å². The number of carbonyl (C=O) groups excluding carboxylic acids is 1. The van der Waals surface area contributed by atoms with Gasteiger partial charge >= 0.3 is 12.1 Å². The van der Waals surface area contributed by atoms with Crippen LogP contribution in [0.25, 0.3) is 0 Å². The molecule has 2 aromatic rings. The molecule has 3 amide bonds. The van der Waals surface area contributed by atoms with Crippen molar-refractivity contribution in [2.45, 2.75) is 11.2 Å². The molecule has 10 nitrogen and oxygen atoms in total. The molecule has 1 unspecified atom stereocenters. The summed E-state index contributed by atoms with van der Waals surface area (Å²) in [7, 11) is -2.07. The third-order valence-corrected chi connectivity index (χ3v) is 4.67. The lowest BCUT2D eigenvalue weighted by Crippen LogP contribution is -2.40. The molecule has 1 aliphatic rings. The highest BCUT2D eigenvalue weighted by Crippen LogP contribution is 2.36. The van der Waals surface area contributed by atoms with Gasteiger partial charge in [-0.25, -0.2) is 28.0 Å². The maximum absolute atomic E-state index is 12.3. The molecule has 3 N–H and O–H groups in total. The van der Waals surface area contributed by atoms with Crippen molar-refractivity contribution >= 4 is 33.5 Å². The monoisotopic (exact) mass is 377 g/mol. The fraction of sp³-hybridized carbons (Fsp3) is 0.200. The number of amides is 3. The SMILES string of the molecule is CN1C(=O)Nc2nc(S(C)(=O)=O)ncc2C1c1cccc(NC(=O)O)c1. The summed E-state index contributed by atoms with van der Waals surface area (Å²) >= 11 is 0. The molecule has 0 spiro atoms. The Morgan fingerprint density at radius 2 is 2.12 bits per heavy atom. The van der Waals surface area contributed by atoms with Crippen LogP contribution >= 0.6 is 0 Å². The minimum Gasteiger partial charge on any atom is -0.465 e. The Kier molecular flexibility index (Phi) is 4.24. The van der Waals surface area contributed by atoms with Crippen LogP contribution in [0.4, 0.5) is 21.1 Å². The first-order chi connectivity index (χ1) is 12.2. The molecule has 2 heterocycles. The second kappa shape index (κ2) is 6.26. The number of benzene rings is 1. The summed E-state index contributed by atoms with van der Waals surface area (Å²) in [5, 5.41) is 13.3. The van der Waals surface area contributed by atoms with Crippen LogP contribution in [-0.2, 0) is 9.84 Å². The van der Waals surface area contributed by atoms with Gasteiger partial charge < -0.3 is 10.0 Å². The van der Waals surface area contributed by atoms with Crippen LogP contribution in [0.2, 0.25) is 0 Å². The van der Waals surface area contributed by atoms with E-state index in [-0.39, 0.29) is 11.0 Å². The number of carbonyl (C=O) groups is 2. The number of nitrogens with zero attached hydrogens (tertiary/aromatic N) is 3. The smallest absolute Gasteiger partial charge is 0.409 e. The van der Waals surface area contributed by atoms with Crippen molar-refractivity contribution in [1.29, 1.82) is 0 Å². The summed E-state index contributed by atoms with van der Waals surface area (Å²) in [5.74, 6) is 0.102. The van der Waals surface area contributed by atoms with Crippen molar-refractivity contribution in [3.8, 4) is 0 Å². The number of rotatable bonds is 3. The Hall–Kier alpha value is -3.21. The number of carboxylic acid groups (broad SMARTS) is 1. The Bertz CT molecular complexity index is 1010. The number of fused-ring (bicyclic) bond motifs is 1. The number of nitrogens with one attached hydrogen (secondary N) is 2. The minimum atomic E-state index is -3.63. The predicted octanol–water partition coefficient (Wildman–Crippen LogP) is 1.54. The van der Waals surface area contributed by atoms with Crippen LogP contribution in [0.3, 0.4) is 0 Å². The van der Waals surface area contributed by atoms with Gasteiger partial charge in [-0.2, -0.15) is 0 Å². The van der Waals surface area contributed by atoms with Crippen molar-refractivity contribution < 1.29 is 23.1 Å². The maximum atomic E-state index is 12.3. The molecule has 3 rings (SSSR count). The lowest BCUT2D eigenvalue weighted by Gasteiger charge is -2.34. The van der Waals surface area contributed by atoms with E-state index in [9.17, 15) is 18.0 Å². The molecule has 0 saturated heterocycles. The summed E-state index contributed by atoms with van der Waals surface area (Å²) in [5.41, 5.74) is 1.45. The van der Waals surface area contributed by atoms with Crippen molar-refractivity contribution in [2.75, 3.05) is 23.9 Å². The second-order valence-corrected chi connectivity index (χ2v) is 7.64. The molecule has 0 saturated carbocycles. The van der Waals surface area contributed by atoms with Crippen molar-refractivity contribution in [2.24, 2.45) is 0 Å². The standard InChI is InChI=1S/C15H15N5O5S/c1-20-11(8-4-3-5-9(6-8)17-15(22)23)10-7-16-13(26(2,24)25)18-12(10)19-14(20)21/h3-7,11,17H,1-2H3,(H,22,23)(H,16,18,19,21). The number of urea groups is 1. The highest BCUT2D eigenvalue weighted by atomic mass is 32.2. The first kappa shape index (κ1) is 17.6. The van der Waals surface area contributed by atoms with Gasteiger partial charge in [0.25, 0.3) is 0 Å². The van der Waals surface area contributed by atoms with Crippen LogP contribution < -0.4 is 10.6 Å². The van der Waals surface area contributed by atoms with E-state index in [4.69, 9.17) is 5.11 Å². The van der Waals surface area contributed by atoms with Gasteiger partial charge in [-0.15, -0.1) is 0 Å². The Labute approximate surface area is 148 Å². The van der Waals surface area contributed by atoms with E-state index in [2.05, 4.69) is 20.6 Å². The van der Waals surface area contributed by atoms with Gasteiger partial charge in [-0.3, -0.25) is 10.6 Å². The number of anilines is 2. The van der Waals surface area contributed by atoms with E-state index < -0.39 is 28.0 Å². The highest BCUT2D eigenvalue weighted by molar-refractivity contribution is 7.90. The van der Waals surface area contributed by atoms with E-state index in [0.29, 0.717) is 16.8 Å². The fourth-order valence-corrected chi connectivity index (χ4v) is 3.18. The van der Waals surface area contributed by atoms with E-state index in [1.165, 1.54) is 11.1 Å². The number of hydrogen-bond donors (Lipinski definition) is 3. The summed E-state index contributed by atoms with van der Waals surface area (Å²) in [4.78, 5) is 32.3. The fourth-order valence-electron chi connectivity index (χ4n) is 2.68. The van der Waals surface area contributed by atoms with Gasteiger partial charge in [0, 0.05) is 30.8 Å². The average Bonchev–Trinajstić information content (AvgIpc) is 2.54. The largest absolute Gasteiger partial charge is 0.465 e. The molecule has 1 aromatic carbocycles. The quantitative estimate of drug-likeness (QED) is 0.689. The van der Waals surface area contributed by atoms with E-state index in [0.717, 1.165) is 6.26 Å². The van der Waals surface area contributed by atoms with Crippen molar-refractivity contribution in [1.82, 2.24) is 14.9 Å². The van der Waals surface area contributed by atoms with Crippen LogP contribution in [0.15, 0.2) is 35.6 Å². The van der Waals surface area contributed by atoms with Gasteiger partial charge in [0.15, 0.2) is 0 Å². The Morgan fingerprint density at radius 1 is 1.38 bits per heavy atom. The third-order valence-electron chi connectivity index (χ3n) is 3.81. The summed E-state index contributed by atoms with van der Waals surface area (Å²) in [6.45, 7) is 0. The van der Waals surface area contributed by atoms with E-state index in [1.807, 2.05) is 0 Å². The molecule has 0 radical (unpaired) electrons. The molecule has 1 aromatic heterocycles. The van der Waals surface area contributed by atoms with E-state index in [1.54, 1.807) is 31.3 Å². The second-order valence-electron chi connectivity index (χ2n) is 5.73. The van der Waals surface area contributed by atoms with Crippen LogP contribution in [0.5, 0.6) is 0 Å². The normalized spacial score (nSPS) is 16.6. The van der Waals surface area contributed by atoms with Crippen molar-refractivity contribution in [3.05, 3.63) is 41.6 Å². The van der Waals surface area contributed by atoms with Crippen LogP contribution in [-0.4, -0.2) is 53.8 Å². The lowest BCUT2D eigenvalue weighted by molar-refractivity contribution is 0.208. The number of hydrogen-bond acceptors (Lipinski definition) is 6. The van der Waals surface area contributed by atoms with Gasteiger partial charge in [-0.05, 0) is 17.7 Å². The Balaban J connectivity index is 2.11. The first-order valence-corrected chi connectivity index (χ1v) is 9.26. The van der Waals surface area contributed by atoms with Crippen LogP contribution in [0, 0.1) is 0 Å². The first-order valence-electron chi connectivity index (χ1n) is 7.37. The lowest BCUT2D eigenvalue weighted by atomic mass is 9.97. The molecule has 1 atom stereocenters. The molecule has 0 aliphatic carbocycles. The predicted molar refractivity (Wildman–Crippen MR) is 91.9 cm³/mol. The van der Waals surface area contributed by atoms with Crippen molar-refractivity contribution in [3.63, 3.8) is 0 Å². The summed E-state index contributed by atoms with van der Waals surface area (Å²) < 4.78 is 23.3. The zero-order chi connectivity index (χ0) is 19.1. The zero-order valence-electron chi connectivity index (χ0n) is 13.8. The van der Waals surface area contributed by atoms with Gasteiger partial charge in [0.05, 0.1) is 6.04 Å². The zero-order valence-corrected chi connectivity index (χ0v) is 14.6. The molecular weight excluding hydrogens is 362 g/mol. The molecular formula is C15H15N5O5S. The number of aromatic nitrogens is 2. The summed E-state index contributed by atoms with van der Waals surface area (Å²) in [6.07, 6.45) is 1.11. The Morgan fingerprint density at radius 3 is 2.77 bits per heavy atom. The van der Waals surface area contributed by atoms with Gasteiger partial charge in [-0.1, -0.05) is 12.1 Å². The third kappa shape index (κ3) is 3.28. The summed E-state index contributed by atoms with van der Waals surface area (Å²) in [6, 6.07) is 5.44. The molecule has 1 aliphatic heterocycles. The van der Waals surface area contributed by atoms with Crippen LogP contribution in [0.1, 0.15) is 17.2 Å². The highest BCUT2D eigenvalue weighted by Gasteiger charge is 2.33. The topological polar surface area (TPSA) is 142 Å². The molecule has 11 heteroatoms. The molecule has 26 heavy (non-hydrogen) atoms. The van der Waals surface area contributed by atoms with Gasteiger partial charge in [0.2, 0.25) is 15.0 Å². The minimum absolute atomic E-state index is 0.102. The molecule has 136 valence electrons. The average molecular weight is 377 g/mol.